The van der Waals surface area contributed by atoms with Gasteiger partial charge in [0.2, 0.25) is 0 Å². The highest BCUT2D eigenvalue weighted by Gasteiger charge is 2.19. The largest absolute Gasteiger partial charge is 0.294 e. The fourth-order valence-corrected chi connectivity index (χ4v) is 1.34. The first kappa shape index (κ1) is 11.2. The SMILES string of the molecule is CC(C)c1ccc(C(C)(C)ON)cc1. The summed E-state index contributed by atoms with van der Waals surface area (Å²) in [6, 6.07) is 8.39. The highest BCUT2D eigenvalue weighted by molar-refractivity contribution is 5.28. The van der Waals surface area contributed by atoms with Crippen molar-refractivity contribution in [3.8, 4) is 0 Å². The van der Waals surface area contributed by atoms with Crippen LogP contribution in [0.5, 0.6) is 0 Å². The van der Waals surface area contributed by atoms with E-state index in [-0.39, 0.29) is 0 Å². The third-order valence-electron chi connectivity index (χ3n) is 2.57. The predicted octanol–water partition coefficient (Wildman–Crippen LogP) is 2.94. The quantitative estimate of drug-likeness (QED) is 0.749. The lowest BCUT2D eigenvalue weighted by molar-refractivity contribution is -0.0236. The summed E-state index contributed by atoms with van der Waals surface area (Å²) in [5.41, 5.74) is 2.03. The number of benzene rings is 1. The van der Waals surface area contributed by atoms with Gasteiger partial charge in [-0.05, 0) is 30.9 Å². The van der Waals surface area contributed by atoms with Crippen LogP contribution < -0.4 is 5.90 Å². The Kier molecular flexibility index (Phi) is 3.29. The molecule has 0 aliphatic carbocycles. The summed E-state index contributed by atoms with van der Waals surface area (Å²) < 4.78 is 0. The molecule has 0 atom stereocenters. The number of rotatable bonds is 3. The second kappa shape index (κ2) is 4.11. The Hall–Kier alpha value is -0.860. The molecule has 0 aromatic heterocycles. The highest BCUT2D eigenvalue weighted by Crippen LogP contribution is 2.24. The van der Waals surface area contributed by atoms with Gasteiger partial charge in [-0.3, -0.25) is 4.84 Å². The third kappa shape index (κ3) is 2.34. The van der Waals surface area contributed by atoms with Crippen LogP contribution in [0.4, 0.5) is 0 Å². The molecule has 0 saturated heterocycles. The molecule has 0 unspecified atom stereocenters. The molecule has 0 spiro atoms. The normalized spacial score (nSPS) is 12.1. The zero-order valence-corrected chi connectivity index (χ0v) is 9.37. The van der Waals surface area contributed by atoms with Gasteiger partial charge in [0.05, 0.1) is 0 Å². The first-order chi connectivity index (χ1) is 6.47. The zero-order chi connectivity index (χ0) is 10.8. The van der Waals surface area contributed by atoms with Crippen molar-refractivity contribution in [2.75, 3.05) is 0 Å². The maximum atomic E-state index is 5.24. The first-order valence-electron chi connectivity index (χ1n) is 4.95. The van der Waals surface area contributed by atoms with E-state index in [4.69, 9.17) is 10.7 Å². The van der Waals surface area contributed by atoms with Gasteiger partial charge in [0.1, 0.15) is 5.60 Å². The third-order valence-corrected chi connectivity index (χ3v) is 2.57. The Morgan fingerprint density at radius 3 is 2.00 bits per heavy atom. The van der Waals surface area contributed by atoms with E-state index in [1.54, 1.807) is 0 Å². The Morgan fingerprint density at radius 2 is 1.64 bits per heavy atom. The maximum Gasteiger partial charge on any atom is 0.109 e. The summed E-state index contributed by atoms with van der Waals surface area (Å²) in [5, 5.41) is 0. The molecule has 78 valence electrons. The molecule has 2 nitrogen and oxygen atoms in total. The van der Waals surface area contributed by atoms with Crippen molar-refractivity contribution in [2.45, 2.75) is 39.2 Å². The molecule has 0 aliphatic rings. The Balaban J connectivity index is 2.94. The van der Waals surface area contributed by atoms with Gasteiger partial charge in [-0.2, -0.15) is 0 Å². The molecule has 14 heavy (non-hydrogen) atoms. The minimum atomic E-state index is -0.407. The number of hydrogen-bond donors (Lipinski definition) is 1. The maximum absolute atomic E-state index is 5.24. The molecular formula is C12H19NO. The van der Waals surface area contributed by atoms with Crippen molar-refractivity contribution in [3.63, 3.8) is 0 Å². The van der Waals surface area contributed by atoms with Gasteiger partial charge in [0.25, 0.3) is 0 Å². The summed E-state index contributed by atoms with van der Waals surface area (Å²) in [4.78, 5) is 4.92. The Bertz CT molecular complexity index is 288. The Morgan fingerprint density at radius 1 is 1.14 bits per heavy atom. The summed E-state index contributed by atoms with van der Waals surface area (Å²) in [6.45, 7) is 8.27. The minimum absolute atomic E-state index is 0.407. The molecule has 0 amide bonds. The van der Waals surface area contributed by atoms with Crippen LogP contribution in [0, 0.1) is 0 Å². The van der Waals surface area contributed by atoms with Crippen LogP contribution in [-0.4, -0.2) is 0 Å². The summed E-state index contributed by atoms with van der Waals surface area (Å²) in [5.74, 6) is 5.80. The zero-order valence-electron chi connectivity index (χ0n) is 9.37. The molecule has 0 bridgehead atoms. The Labute approximate surface area is 86.0 Å². The van der Waals surface area contributed by atoms with Crippen LogP contribution in [0.3, 0.4) is 0 Å². The summed E-state index contributed by atoms with van der Waals surface area (Å²) >= 11 is 0. The molecule has 0 fully saturated rings. The van der Waals surface area contributed by atoms with Gasteiger partial charge in [0.15, 0.2) is 0 Å². The van der Waals surface area contributed by atoms with Crippen molar-refractivity contribution < 1.29 is 4.84 Å². The van der Waals surface area contributed by atoms with Crippen molar-refractivity contribution in [1.29, 1.82) is 0 Å². The van der Waals surface area contributed by atoms with Gasteiger partial charge in [-0.15, -0.1) is 0 Å². The second-order valence-corrected chi connectivity index (χ2v) is 4.40. The monoisotopic (exact) mass is 193 g/mol. The van der Waals surface area contributed by atoms with Gasteiger partial charge in [-0.1, -0.05) is 38.1 Å². The van der Waals surface area contributed by atoms with E-state index in [1.807, 2.05) is 13.8 Å². The lowest BCUT2D eigenvalue weighted by atomic mass is 9.94. The molecule has 2 N–H and O–H groups in total. The van der Waals surface area contributed by atoms with Crippen LogP contribution in [0.25, 0.3) is 0 Å². The van der Waals surface area contributed by atoms with Crippen LogP contribution in [0.15, 0.2) is 24.3 Å². The lowest BCUT2D eigenvalue weighted by Crippen LogP contribution is -2.25. The molecule has 0 saturated carbocycles. The van der Waals surface area contributed by atoms with Crippen molar-refractivity contribution in [2.24, 2.45) is 5.90 Å². The predicted molar refractivity (Wildman–Crippen MR) is 58.8 cm³/mol. The molecule has 0 radical (unpaired) electrons. The van der Waals surface area contributed by atoms with Gasteiger partial charge >= 0.3 is 0 Å². The highest BCUT2D eigenvalue weighted by atomic mass is 16.6. The van der Waals surface area contributed by atoms with E-state index in [1.165, 1.54) is 5.56 Å². The summed E-state index contributed by atoms with van der Waals surface area (Å²) in [6.07, 6.45) is 0. The molecule has 0 aliphatic heterocycles. The van der Waals surface area contributed by atoms with E-state index in [2.05, 4.69) is 38.1 Å². The first-order valence-corrected chi connectivity index (χ1v) is 4.95. The second-order valence-electron chi connectivity index (χ2n) is 4.40. The van der Waals surface area contributed by atoms with Gasteiger partial charge < -0.3 is 0 Å². The van der Waals surface area contributed by atoms with Gasteiger partial charge in [-0.25, -0.2) is 5.90 Å². The van der Waals surface area contributed by atoms with E-state index in [9.17, 15) is 0 Å². The van der Waals surface area contributed by atoms with Crippen molar-refractivity contribution >= 4 is 0 Å². The van der Waals surface area contributed by atoms with Gasteiger partial charge in [0, 0.05) is 0 Å². The minimum Gasteiger partial charge on any atom is -0.294 e. The van der Waals surface area contributed by atoms with Crippen molar-refractivity contribution in [1.82, 2.24) is 0 Å². The smallest absolute Gasteiger partial charge is 0.109 e. The topological polar surface area (TPSA) is 35.2 Å². The molecule has 1 aromatic rings. The van der Waals surface area contributed by atoms with E-state index >= 15 is 0 Å². The standard InChI is InChI=1S/C12H19NO/c1-9(2)10-5-7-11(8-6-10)12(3,4)14-13/h5-9H,13H2,1-4H3. The molecular weight excluding hydrogens is 174 g/mol. The van der Waals surface area contributed by atoms with Crippen LogP contribution >= 0.6 is 0 Å². The molecule has 0 heterocycles. The fraction of sp³-hybridized carbons (Fsp3) is 0.500. The average molecular weight is 193 g/mol. The fourth-order valence-electron chi connectivity index (χ4n) is 1.34. The molecule has 1 rings (SSSR count). The number of hydrogen-bond acceptors (Lipinski definition) is 2. The summed E-state index contributed by atoms with van der Waals surface area (Å²) in [7, 11) is 0. The van der Waals surface area contributed by atoms with E-state index in [0.29, 0.717) is 5.92 Å². The van der Waals surface area contributed by atoms with Crippen LogP contribution in [0.2, 0.25) is 0 Å². The van der Waals surface area contributed by atoms with Crippen LogP contribution in [0.1, 0.15) is 44.7 Å². The molecule has 1 aromatic carbocycles. The average Bonchev–Trinajstić information content (AvgIpc) is 2.18. The molecule has 2 heteroatoms. The lowest BCUT2D eigenvalue weighted by Gasteiger charge is -2.22. The van der Waals surface area contributed by atoms with Crippen molar-refractivity contribution in [3.05, 3.63) is 35.4 Å². The van der Waals surface area contributed by atoms with E-state index in [0.717, 1.165) is 5.56 Å². The number of nitrogens with two attached hydrogens (primary N) is 1. The van der Waals surface area contributed by atoms with Crippen LogP contribution in [-0.2, 0) is 10.4 Å². The van der Waals surface area contributed by atoms with E-state index < -0.39 is 5.60 Å².